The fraction of sp³-hybridized carbons (Fsp3) is 0. The first-order chi connectivity index (χ1) is 13.6. The number of hydrogen-bond donors (Lipinski definition) is 3. The second-order valence-electron chi connectivity index (χ2n) is 5.96. The lowest BCUT2D eigenvalue weighted by molar-refractivity contribution is -0.112. The summed E-state index contributed by atoms with van der Waals surface area (Å²) in [4.78, 5) is 14.3. The summed E-state index contributed by atoms with van der Waals surface area (Å²) in [6.45, 7) is 0. The Morgan fingerprint density at radius 3 is 2.32 bits per heavy atom. The van der Waals surface area contributed by atoms with Crippen LogP contribution in [0.15, 0.2) is 90.6 Å². The average molecular weight is 370 g/mol. The number of nitrogen functional groups attached to an aromatic ring is 1. The van der Waals surface area contributed by atoms with E-state index in [1.165, 1.54) is 18.3 Å². The zero-order valence-corrected chi connectivity index (χ0v) is 14.9. The second kappa shape index (κ2) is 8.43. The maximum absolute atomic E-state index is 12.6. The van der Waals surface area contributed by atoms with Crippen molar-refractivity contribution in [3.8, 4) is 11.8 Å². The number of anilines is 4. The Bertz CT molecular complexity index is 1040. The number of hydrogen-bond acceptors (Lipinski definition) is 5. The van der Waals surface area contributed by atoms with Crippen LogP contribution in [0.2, 0.25) is 0 Å². The third-order valence-electron chi connectivity index (χ3n) is 3.93. The summed E-state index contributed by atoms with van der Waals surface area (Å²) in [6.07, 6.45) is 1.47. The predicted molar refractivity (Wildman–Crippen MR) is 110 cm³/mol. The number of nitrogens with one attached hydrogen (secondary N) is 1. The van der Waals surface area contributed by atoms with E-state index in [-0.39, 0.29) is 11.3 Å². The van der Waals surface area contributed by atoms with Crippen LogP contribution in [0.5, 0.6) is 5.75 Å². The molecule has 0 saturated heterocycles. The van der Waals surface area contributed by atoms with Gasteiger partial charge >= 0.3 is 0 Å². The van der Waals surface area contributed by atoms with Gasteiger partial charge in [-0.15, -0.1) is 0 Å². The number of carbonyl (C=O) groups is 1. The van der Waals surface area contributed by atoms with Crippen LogP contribution in [0.1, 0.15) is 0 Å². The normalized spacial score (nSPS) is 10.8. The standard InChI is InChI=1S/C22H18N4O2/c23-14-16(22(28)25-18-5-4-8-21(27)13-18)15-26(19-6-2-1-3-7-19)20-11-9-17(24)10-12-20/h1-13,15,27H,24H2,(H,25,28)/b16-15-. The summed E-state index contributed by atoms with van der Waals surface area (Å²) in [6, 6.07) is 24.5. The first-order valence-corrected chi connectivity index (χ1v) is 8.49. The molecule has 138 valence electrons. The Morgan fingerprint density at radius 1 is 1.00 bits per heavy atom. The summed E-state index contributed by atoms with van der Waals surface area (Å²) in [7, 11) is 0. The van der Waals surface area contributed by atoms with Crippen molar-refractivity contribution in [1.82, 2.24) is 0 Å². The predicted octanol–water partition coefficient (Wildman–Crippen LogP) is 4.16. The molecule has 0 aliphatic heterocycles. The van der Waals surface area contributed by atoms with Gasteiger partial charge in [-0.25, -0.2) is 0 Å². The van der Waals surface area contributed by atoms with Crippen LogP contribution in [0.3, 0.4) is 0 Å². The molecule has 0 saturated carbocycles. The Labute approximate surface area is 162 Å². The number of rotatable bonds is 5. The Balaban J connectivity index is 1.96. The highest BCUT2D eigenvalue weighted by atomic mass is 16.3. The van der Waals surface area contributed by atoms with E-state index in [1.807, 2.05) is 36.4 Å². The van der Waals surface area contributed by atoms with Gasteiger partial charge in [-0.05, 0) is 48.5 Å². The highest BCUT2D eigenvalue weighted by Gasteiger charge is 2.14. The number of phenols is 1. The van der Waals surface area contributed by atoms with Crippen LogP contribution in [0, 0.1) is 11.3 Å². The number of benzene rings is 3. The third-order valence-corrected chi connectivity index (χ3v) is 3.93. The maximum Gasteiger partial charge on any atom is 0.267 e. The highest BCUT2D eigenvalue weighted by molar-refractivity contribution is 6.07. The molecule has 3 aromatic carbocycles. The second-order valence-corrected chi connectivity index (χ2v) is 5.96. The van der Waals surface area contributed by atoms with Crippen molar-refractivity contribution in [1.29, 1.82) is 5.26 Å². The molecule has 4 N–H and O–H groups in total. The minimum Gasteiger partial charge on any atom is -0.508 e. The fourth-order valence-electron chi connectivity index (χ4n) is 2.57. The van der Waals surface area contributed by atoms with E-state index in [9.17, 15) is 15.2 Å². The molecule has 3 rings (SSSR count). The number of nitriles is 1. The van der Waals surface area contributed by atoms with E-state index in [0.29, 0.717) is 11.4 Å². The van der Waals surface area contributed by atoms with E-state index < -0.39 is 5.91 Å². The van der Waals surface area contributed by atoms with Crippen LogP contribution >= 0.6 is 0 Å². The van der Waals surface area contributed by atoms with Gasteiger partial charge in [0.2, 0.25) is 0 Å². The highest BCUT2D eigenvalue weighted by Crippen LogP contribution is 2.27. The van der Waals surface area contributed by atoms with Crippen molar-refractivity contribution in [2.45, 2.75) is 0 Å². The lowest BCUT2D eigenvalue weighted by Gasteiger charge is -2.21. The molecule has 0 heterocycles. The van der Waals surface area contributed by atoms with Crippen molar-refractivity contribution in [2.24, 2.45) is 0 Å². The first-order valence-electron chi connectivity index (χ1n) is 8.49. The van der Waals surface area contributed by atoms with Gasteiger partial charge in [0.05, 0.1) is 0 Å². The molecule has 3 aromatic rings. The van der Waals surface area contributed by atoms with Crippen LogP contribution in [0.4, 0.5) is 22.7 Å². The quantitative estimate of drug-likeness (QED) is 0.355. The summed E-state index contributed by atoms with van der Waals surface area (Å²) < 4.78 is 0. The summed E-state index contributed by atoms with van der Waals surface area (Å²) in [5, 5.41) is 21.7. The van der Waals surface area contributed by atoms with Gasteiger partial charge in [0, 0.05) is 35.0 Å². The number of nitrogens with zero attached hydrogens (tertiary/aromatic N) is 2. The van der Waals surface area contributed by atoms with Crippen LogP contribution in [-0.4, -0.2) is 11.0 Å². The molecule has 0 aliphatic carbocycles. The van der Waals surface area contributed by atoms with E-state index in [4.69, 9.17) is 5.73 Å². The first kappa shape index (κ1) is 18.5. The molecule has 0 radical (unpaired) electrons. The lowest BCUT2D eigenvalue weighted by atomic mass is 10.2. The van der Waals surface area contributed by atoms with E-state index in [2.05, 4.69) is 5.32 Å². The lowest BCUT2D eigenvalue weighted by Crippen LogP contribution is -2.17. The average Bonchev–Trinajstić information content (AvgIpc) is 2.70. The molecule has 0 unspecified atom stereocenters. The third kappa shape index (κ3) is 4.48. The number of amides is 1. The maximum atomic E-state index is 12.6. The monoisotopic (exact) mass is 370 g/mol. The molecule has 0 bridgehead atoms. The fourth-order valence-corrected chi connectivity index (χ4v) is 2.57. The molecule has 0 fully saturated rings. The van der Waals surface area contributed by atoms with Crippen LogP contribution < -0.4 is 16.0 Å². The molecule has 0 atom stereocenters. The van der Waals surface area contributed by atoms with Gasteiger partial charge in [-0.3, -0.25) is 4.79 Å². The smallest absolute Gasteiger partial charge is 0.267 e. The van der Waals surface area contributed by atoms with E-state index >= 15 is 0 Å². The molecule has 0 spiro atoms. The topological polar surface area (TPSA) is 102 Å². The number of para-hydroxylation sites is 1. The zero-order chi connectivity index (χ0) is 19.9. The van der Waals surface area contributed by atoms with Crippen molar-refractivity contribution >= 4 is 28.7 Å². The minimum atomic E-state index is -0.579. The SMILES string of the molecule is N#C/C(=C/N(c1ccccc1)c1ccc(N)cc1)C(=O)Nc1cccc(O)c1. The van der Waals surface area contributed by atoms with Gasteiger partial charge in [0.15, 0.2) is 0 Å². The van der Waals surface area contributed by atoms with Crippen molar-refractivity contribution < 1.29 is 9.90 Å². The number of nitrogens with two attached hydrogens (primary N) is 1. The summed E-state index contributed by atoms with van der Waals surface area (Å²) in [5.41, 5.74) is 8.21. The number of aromatic hydroxyl groups is 1. The Hall–Kier alpha value is -4.24. The Morgan fingerprint density at radius 2 is 1.68 bits per heavy atom. The van der Waals surface area contributed by atoms with Crippen molar-refractivity contribution in [3.05, 3.63) is 90.6 Å². The number of phenolic OH excluding ortho intramolecular Hbond substituents is 1. The van der Waals surface area contributed by atoms with E-state index in [0.717, 1.165) is 11.4 Å². The minimum absolute atomic E-state index is 0.0214. The molecular formula is C22H18N4O2. The molecule has 6 nitrogen and oxygen atoms in total. The summed E-state index contributed by atoms with van der Waals surface area (Å²) in [5.74, 6) is -0.558. The molecule has 1 amide bonds. The van der Waals surface area contributed by atoms with Crippen molar-refractivity contribution in [2.75, 3.05) is 16.0 Å². The van der Waals surface area contributed by atoms with E-state index in [1.54, 1.807) is 41.3 Å². The summed E-state index contributed by atoms with van der Waals surface area (Å²) >= 11 is 0. The molecule has 0 aromatic heterocycles. The molecular weight excluding hydrogens is 352 g/mol. The largest absolute Gasteiger partial charge is 0.508 e. The van der Waals surface area contributed by atoms with Crippen LogP contribution in [0.25, 0.3) is 0 Å². The Kier molecular flexibility index (Phi) is 5.58. The molecule has 28 heavy (non-hydrogen) atoms. The van der Waals surface area contributed by atoms with Crippen LogP contribution in [-0.2, 0) is 4.79 Å². The van der Waals surface area contributed by atoms with Crippen molar-refractivity contribution in [3.63, 3.8) is 0 Å². The molecule has 6 heteroatoms. The molecule has 0 aliphatic rings. The zero-order valence-electron chi connectivity index (χ0n) is 14.9. The number of carbonyl (C=O) groups excluding carboxylic acids is 1. The van der Waals surface area contributed by atoms with Gasteiger partial charge in [-0.2, -0.15) is 5.26 Å². The van der Waals surface area contributed by atoms with Gasteiger partial charge in [0.25, 0.3) is 5.91 Å². The van der Waals surface area contributed by atoms with Gasteiger partial charge < -0.3 is 21.1 Å². The van der Waals surface area contributed by atoms with Gasteiger partial charge in [0.1, 0.15) is 17.4 Å². The van der Waals surface area contributed by atoms with Gasteiger partial charge in [-0.1, -0.05) is 24.3 Å².